The molecule has 1 rings (SSSR count). The van der Waals surface area contributed by atoms with Crippen molar-refractivity contribution in [3.8, 4) is 5.75 Å². The summed E-state index contributed by atoms with van der Waals surface area (Å²) in [6, 6.07) is 5.39. The van der Waals surface area contributed by atoms with Crippen LogP contribution in [0.15, 0.2) is 18.2 Å². The molecular formula is C13H20Cl3NO. The fraction of sp³-hybridized carbons (Fsp3) is 0.538. The summed E-state index contributed by atoms with van der Waals surface area (Å²) in [7, 11) is 1.95. The molecule has 1 aromatic rings. The van der Waals surface area contributed by atoms with Crippen LogP contribution in [-0.2, 0) is 0 Å². The molecule has 1 atom stereocenters. The zero-order valence-electron chi connectivity index (χ0n) is 10.7. The molecule has 0 saturated heterocycles. The molecule has 0 fully saturated rings. The highest BCUT2D eigenvalue weighted by Gasteiger charge is 2.10. The normalized spacial score (nSPS) is 11.8. The molecule has 0 unspecified atom stereocenters. The maximum atomic E-state index is 5.95. The molecule has 0 aliphatic rings. The van der Waals surface area contributed by atoms with Crippen LogP contribution >= 0.6 is 35.6 Å². The van der Waals surface area contributed by atoms with E-state index in [0.717, 1.165) is 31.6 Å². The number of halogens is 3. The second kappa shape index (κ2) is 9.74. The van der Waals surface area contributed by atoms with Crippen molar-refractivity contribution in [2.75, 3.05) is 13.6 Å². The molecule has 0 spiro atoms. The molecule has 5 heteroatoms. The van der Waals surface area contributed by atoms with E-state index in [1.807, 2.05) is 13.1 Å². The van der Waals surface area contributed by atoms with Crippen LogP contribution in [0.2, 0.25) is 10.0 Å². The summed E-state index contributed by atoms with van der Waals surface area (Å²) in [6.07, 6.45) is 3.37. The van der Waals surface area contributed by atoms with Crippen molar-refractivity contribution in [3.05, 3.63) is 28.2 Å². The van der Waals surface area contributed by atoms with Crippen molar-refractivity contribution in [1.82, 2.24) is 5.32 Å². The quantitative estimate of drug-likeness (QED) is 0.796. The lowest BCUT2D eigenvalue weighted by Crippen LogP contribution is -2.22. The molecule has 0 heterocycles. The van der Waals surface area contributed by atoms with Crippen molar-refractivity contribution in [2.45, 2.75) is 32.3 Å². The molecule has 18 heavy (non-hydrogen) atoms. The summed E-state index contributed by atoms with van der Waals surface area (Å²) in [5.74, 6) is 0.786. The third-order valence-electron chi connectivity index (χ3n) is 2.52. The second-order valence-corrected chi connectivity index (χ2v) is 4.81. The van der Waals surface area contributed by atoms with Gasteiger partial charge in [0.15, 0.2) is 0 Å². The Balaban J connectivity index is 0.00000289. The van der Waals surface area contributed by atoms with E-state index < -0.39 is 0 Å². The standard InChI is InChI=1S/C13H19Cl2NO.ClH/c1-3-4-10(7-8-16-2)17-11-5-6-12(14)13(15)9-11;/h5-6,9-10,16H,3-4,7-8H2,1-2H3;1H/t10-;/m0./s1. The van der Waals surface area contributed by atoms with Gasteiger partial charge in [0.1, 0.15) is 5.75 Å². The first-order valence-corrected chi connectivity index (χ1v) is 6.69. The van der Waals surface area contributed by atoms with Crippen LogP contribution in [0.25, 0.3) is 0 Å². The SMILES string of the molecule is CCC[C@@H](CCNC)Oc1ccc(Cl)c(Cl)c1.Cl. The van der Waals surface area contributed by atoms with Crippen LogP contribution in [-0.4, -0.2) is 19.7 Å². The maximum Gasteiger partial charge on any atom is 0.121 e. The van der Waals surface area contributed by atoms with Gasteiger partial charge in [-0.2, -0.15) is 0 Å². The van der Waals surface area contributed by atoms with Gasteiger partial charge in [-0.05, 0) is 38.6 Å². The molecular weight excluding hydrogens is 293 g/mol. The molecule has 1 aromatic carbocycles. The van der Waals surface area contributed by atoms with Crippen LogP contribution in [0, 0.1) is 0 Å². The number of hydrogen-bond acceptors (Lipinski definition) is 2. The van der Waals surface area contributed by atoms with Crippen molar-refractivity contribution in [2.24, 2.45) is 0 Å². The smallest absolute Gasteiger partial charge is 0.121 e. The Bertz CT molecular complexity index is 347. The number of ether oxygens (including phenoxy) is 1. The van der Waals surface area contributed by atoms with E-state index in [1.54, 1.807) is 12.1 Å². The summed E-state index contributed by atoms with van der Waals surface area (Å²) in [5.41, 5.74) is 0. The Morgan fingerprint density at radius 1 is 1.22 bits per heavy atom. The summed E-state index contributed by atoms with van der Waals surface area (Å²) in [4.78, 5) is 0. The Morgan fingerprint density at radius 2 is 1.94 bits per heavy atom. The van der Waals surface area contributed by atoms with E-state index in [9.17, 15) is 0 Å². The van der Waals surface area contributed by atoms with Crippen molar-refractivity contribution in [1.29, 1.82) is 0 Å². The van der Waals surface area contributed by atoms with E-state index in [2.05, 4.69) is 12.2 Å². The molecule has 0 aliphatic heterocycles. The molecule has 0 aliphatic carbocycles. The maximum absolute atomic E-state index is 5.95. The van der Waals surface area contributed by atoms with Crippen LogP contribution in [0.1, 0.15) is 26.2 Å². The predicted octanol–water partition coefficient (Wildman–Crippen LogP) is 4.57. The summed E-state index contributed by atoms with van der Waals surface area (Å²) in [5, 5.41) is 4.23. The fourth-order valence-corrected chi connectivity index (χ4v) is 1.92. The third-order valence-corrected chi connectivity index (χ3v) is 3.26. The van der Waals surface area contributed by atoms with Gasteiger partial charge >= 0.3 is 0 Å². The van der Waals surface area contributed by atoms with Crippen LogP contribution in [0.3, 0.4) is 0 Å². The van der Waals surface area contributed by atoms with E-state index in [4.69, 9.17) is 27.9 Å². The Hall–Kier alpha value is -0.150. The highest BCUT2D eigenvalue weighted by Crippen LogP contribution is 2.27. The average molecular weight is 313 g/mol. The van der Waals surface area contributed by atoms with E-state index in [1.165, 1.54) is 0 Å². The fourth-order valence-electron chi connectivity index (χ4n) is 1.63. The highest BCUT2D eigenvalue weighted by molar-refractivity contribution is 6.42. The first-order chi connectivity index (χ1) is 8.17. The summed E-state index contributed by atoms with van der Waals surface area (Å²) in [6.45, 7) is 3.11. The highest BCUT2D eigenvalue weighted by atomic mass is 35.5. The molecule has 104 valence electrons. The first kappa shape index (κ1) is 17.8. The number of benzene rings is 1. The van der Waals surface area contributed by atoms with Crippen LogP contribution in [0.5, 0.6) is 5.75 Å². The van der Waals surface area contributed by atoms with Crippen LogP contribution < -0.4 is 10.1 Å². The second-order valence-electron chi connectivity index (χ2n) is 4.00. The first-order valence-electron chi connectivity index (χ1n) is 5.93. The average Bonchev–Trinajstić information content (AvgIpc) is 2.31. The minimum Gasteiger partial charge on any atom is -0.490 e. The van der Waals surface area contributed by atoms with E-state index in [0.29, 0.717) is 10.0 Å². The molecule has 0 amide bonds. The van der Waals surface area contributed by atoms with Gasteiger partial charge in [0, 0.05) is 6.07 Å². The van der Waals surface area contributed by atoms with Gasteiger partial charge in [-0.15, -0.1) is 12.4 Å². The number of rotatable bonds is 7. The molecule has 1 N–H and O–H groups in total. The van der Waals surface area contributed by atoms with Crippen LogP contribution in [0.4, 0.5) is 0 Å². The number of nitrogens with one attached hydrogen (secondary N) is 1. The van der Waals surface area contributed by atoms with Crippen molar-refractivity contribution >= 4 is 35.6 Å². The zero-order valence-corrected chi connectivity index (χ0v) is 13.0. The molecule has 0 saturated carbocycles. The predicted molar refractivity (Wildman–Crippen MR) is 81.6 cm³/mol. The van der Waals surface area contributed by atoms with Gasteiger partial charge in [0.25, 0.3) is 0 Å². The summed E-state index contributed by atoms with van der Waals surface area (Å²) < 4.78 is 5.91. The van der Waals surface area contributed by atoms with Gasteiger partial charge in [-0.25, -0.2) is 0 Å². The minimum atomic E-state index is 0. The van der Waals surface area contributed by atoms with Gasteiger partial charge in [0.2, 0.25) is 0 Å². The Morgan fingerprint density at radius 3 is 2.50 bits per heavy atom. The minimum absolute atomic E-state index is 0. The van der Waals surface area contributed by atoms with Crippen molar-refractivity contribution < 1.29 is 4.74 Å². The van der Waals surface area contributed by atoms with Gasteiger partial charge in [-0.1, -0.05) is 36.5 Å². The largest absolute Gasteiger partial charge is 0.490 e. The molecule has 0 aromatic heterocycles. The third kappa shape index (κ3) is 6.14. The monoisotopic (exact) mass is 311 g/mol. The summed E-state index contributed by atoms with van der Waals surface area (Å²) >= 11 is 11.8. The van der Waals surface area contributed by atoms with Gasteiger partial charge in [0.05, 0.1) is 16.1 Å². The lowest BCUT2D eigenvalue weighted by Gasteiger charge is -2.18. The molecule has 2 nitrogen and oxygen atoms in total. The van der Waals surface area contributed by atoms with E-state index in [-0.39, 0.29) is 18.5 Å². The van der Waals surface area contributed by atoms with E-state index >= 15 is 0 Å². The topological polar surface area (TPSA) is 21.3 Å². The van der Waals surface area contributed by atoms with Gasteiger partial charge < -0.3 is 10.1 Å². The zero-order chi connectivity index (χ0) is 12.7. The Kier molecular flexibility index (Phi) is 9.66. The Labute approximate surface area is 125 Å². The lowest BCUT2D eigenvalue weighted by molar-refractivity contribution is 0.180. The van der Waals surface area contributed by atoms with Crippen molar-refractivity contribution in [3.63, 3.8) is 0 Å². The molecule has 0 radical (unpaired) electrons. The molecule has 0 bridgehead atoms. The number of hydrogen-bond donors (Lipinski definition) is 1. The van der Waals surface area contributed by atoms with Gasteiger partial charge in [-0.3, -0.25) is 0 Å². The lowest BCUT2D eigenvalue weighted by atomic mass is 10.1.